The first kappa shape index (κ1) is 26.5. The number of carbonyl (C=O) groups excluding carboxylic acids is 3. The third-order valence-electron chi connectivity index (χ3n) is 8.38. The van der Waals surface area contributed by atoms with Crippen LogP contribution in [0.15, 0.2) is 96.1 Å². The van der Waals surface area contributed by atoms with Crippen molar-refractivity contribution < 1.29 is 24.2 Å². The van der Waals surface area contributed by atoms with Crippen molar-refractivity contribution in [2.24, 2.45) is 22.4 Å². The third kappa shape index (κ3) is 4.00. The van der Waals surface area contributed by atoms with E-state index in [1.807, 2.05) is 78.9 Å². The van der Waals surface area contributed by atoms with Crippen LogP contribution in [0.5, 0.6) is 0 Å². The van der Waals surface area contributed by atoms with E-state index in [0.717, 1.165) is 0 Å². The van der Waals surface area contributed by atoms with Crippen LogP contribution < -0.4 is 5.01 Å². The zero-order valence-electron chi connectivity index (χ0n) is 22.2. The number of benzene rings is 3. The van der Waals surface area contributed by atoms with Gasteiger partial charge < -0.3 is 14.6 Å². The Hall–Kier alpha value is -4.10. The van der Waals surface area contributed by atoms with Crippen molar-refractivity contribution in [1.82, 2.24) is 0 Å². The molecule has 1 saturated carbocycles. The fourth-order valence-electron chi connectivity index (χ4n) is 6.76. The molecular weight excluding hydrogens is 492 g/mol. The minimum Gasteiger partial charge on any atom is -0.466 e. The molecule has 0 saturated heterocycles. The number of ether oxygens (including phenoxy) is 1. The molecule has 7 nitrogen and oxygen atoms in total. The number of anilines is 1. The Labute approximate surface area is 228 Å². The Kier molecular flexibility index (Phi) is 6.95. The first-order valence-corrected chi connectivity index (χ1v) is 13.2. The standard InChI is InChI=1S/C32H32N2O5/c1-4-39-29(36)28-27(23-16-10-6-11-17-23)32(21(2)33-34(30(32)37)24-18-12-7-13-19-24)26(22-14-8-5-9-15-22)25(20-35)31(28,3)38/h5-20,25-28,38H,4H2,1-3H3/t25-,26-,27+,28-,31-,32-/m1/s1. The van der Waals surface area contributed by atoms with Gasteiger partial charge in [-0.15, -0.1) is 0 Å². The lowest BCUT2D eigenvalue weighted by atomic mass is 9.44. The highest BCUT2D eigenvalue weighted by Gasteiger charge is 2.72. The highest BCUT2D eigenvalue weighted by Crippen LogP contribution is 2.65. The van der Waals surface area contributed by atoms with Crippen LogP contribution in [-0.4, -0.2) is 41.2 Å². The van der Waals surface area contributed by atoms with Gasteiger partial charge in [0.1, 0.15) is 11.7 Å². The lowest BCUT2D eigenvalue weighted by molar-refractivity contribution is -0.179. The third-order valence-corrected chi connectivity index (χ3v) is 8.38. The summed E-state index contributed by atoms with van der Waals surface area (Å²) in [5, 5.41) is 18.3. The molecule has 200 valence electrons. The molecule has 1 spiro atoms. The van der Waals surface area contributed by atoms with Gasteiger partial charge in [-0.05, 0) is 44.0 Å². The first-order valence-electron chi connectivity index (χ1n) is 13.2. The van der Waals surface area contributed by atoms with E-state index in [1.165, 1.54) is 11.9 Å². The summed E-state index contributed by atoms with van der Waals surface area (Å²) in [7, 11) is 0. The monoisotopic (exact) mass is 524 g/mol. The fourth-order valence-corrected chi connectivity index (χ4v) is 6.76. The molecule has 1 N–H and O–H groups in total. The molecule has 1 heterocycles. The molecule has 0 unspecified atom stereocenters. The van der Waals surface area contributed by atoms with Gasteiger partial charge >= 0.3 is 5.97 Å². The normalized spacial score (nSPS) is 30.2. The molecule has 0 aromatic heterocycles. The molecule has 1 amide bonds. The number of aldehydes is 1. The molecule has 2 aliphatic rings. The summed E-state index contributed by atoms with van der Waals surface area (Å²) in [5.41, 5.74) is -0.874. The van der Waals surface area contributed by atoms with Crippen LogP contribution in [0.3, 0.4) is 0 Å². The van der Waals surface area contributed by atoms with Crippen LogP contribution in [-0.2, 0) is 19.1 Å². The van der Waals surface area contributed by atoms with Crippen LogP contribution >= 0.6 is 0 Å². The van der Waals surface area contributed by atoms with E-state index < -0.39 is 40.7 Å². The quantitative estimate of drug-likeness (QED) is 0.372. The van der Waals surface area contributed by atoms with Gasteiger partial charge in [0.05, 0.1) is 35.4 Å². The maximum atomic E-state index is 14.9. The number of hydrazone groups is 1. The van der Waals surface area contributed by atoms with Gasteiger partial charge in [0.2, 0.25) is 0 Å². The molecule has 5 rings (SSSR count). The summed E-state index contributed by atoms with van der Waals surface area (Å²) in [6, 6.07) is 27.6. The molecular formula is C32H32N2O5. The van der Waals surface area contributed by atoms with Gasteiger partial charge in [-0.3, -0.25) is 9.59 Å². The number of esters is 1. The molecule has 3 aromatic carbocycles. The van der Waals surface area contributed by atoms with Gasteiger partial charge in [0.15, 0.2) is 0 Å². The highest BCUT2D eigenvalue weighted by atomic mass is 16.5. The second-order valence-electron chi connectivity index (χ2n) is 10.4. The number of hydrogen-bond acceptors (Lipinski definition) is 6. The summed E-state index contributed by atoms with van der Waals surface area (Å²) in [6.07, 6.45) is 0.679. The van der Waals surface area contributed by atoms with E-state index in [2.05, 4.69) is 0 Å². The largest absolute Gasteiger partial charge is 0.466 e. The second kappa shape index (κ2) is 10.2. The van der Waals surface area contributed by atoms with Crippen LogP contribution in [0, 0.1) is 17.3 Å². The first-order chi connectivity index (χ1) is 18.8. The minimum absolute atomic E-state index is 0.0882. The van der Waals surface area contributed by atoms with Crippen molar-refractivity contribution in [2.75, 3.05) is 11.6 Å². The Morgan fingerprint density at radius 2 is 1.46 bits per heavy atom. The zero-order valence-corrected chi connectivity index (χ0v) is 22.2. The van der Waals surface area contributed by atoms with Gasteiger partial charge in [-0.25, -0.2) is 0 Å². The predicted molar refractivity (Wildman–Crippen MR) is 148 cm³/mol. The maximum Gasteiger partial charge on any atom is 0.312 e. The average molecular weight is 525 g/mol. The lowest BCUT2D eigenvalue weighted by Gasteiger charge is -2.57. The SMILES string of the molecule is CCOC(=O)[C@H]1[C@H](c2ccccc2)[C@]2(C(=O)N(c3ccccc3)N=C2C)[C@H](c2ccccc2)[C@@H](C=O)[C@@]1(C)O. The Morgan fingerprint density at radius 1 is 0.949 bits per heavy atom. The molecule has 3 aromatic rings. The topological polar surface area (TPSA) is 96.3 Å². The van der Waals surface area contributed by atoms with E-state index in [-0.39, 0.29) is 12.5 Å². The molecule has 7 heteroatoms. The Balaban J connectivity index is 1.87. The van der Waals surface area contributed by atoms with E-state index in [0.29, 0.717) is 28.8 Å². The summed E-state index contributed by atoms with van der Waals surface area (Å²) in [6.45, 7) is 5.06. The molecule has 6 atom stereocenters. The highest BCUT2D eigenvalue weighted by molar-refractivity contribution is 6.21. The van der Waals surface area contributed by atoms with Crippen LogP contribution in [0.1, 0.15) is 43.7 Å². The van der Waals surface area contributed by atoms with Crippen molar-refractivity contribution in [3.05, 3.63) is 102 Å². The van der Waals surface area contributed by atoms with Gasteiger partial charge in [-0.1, -0.05) is 78.9 Å². The van der Waals surface area contributed by atoms with E-state index >= 15 is 0 Å². The van der Waals surface area contributed by atoms with Crippen LogP contribution in [0.4, 0.5) is 5.69 Å². The lowest BCUT2D eigenvalue weighted by Crippen LogP contribution is -2.66. The van der Waals surface area contributed by atoms with Gasteiger partial charge in [0, 0.05) is 11.8 Å². The Morgan fingerprint density at radius 3 is 1.97 bits per heavy atom. The van der Waals surface area contributed by atoms with Crippen LogP contribution in [0.25, 0.3) is 0 Å². The molecule has 1 fully saturated rings. The summed E-state index contributed by atoms with van der Waals surface area (Å²) in [5.74, 6) is -5.04. The molecule has 0 bridgehead atoms. The minimum atomic E-state index is -1.83. The van der Waals surface area contributed by atoms with Crippen molar-refractivity contribution >= 4 is 29.6 Å². The fraction of sp³-hybridized carbons (Fsp3) is 0.312. The van der Waals surface area contributed by atoms with E-state index in [9.17, 15) is 19.5 Å². The summed E-state index contributed by atoms with van der Waals surface area (Å²) in [4.78, 5) is 41.6. The van der Waals surface area contributed by atoms with Gasteiger partial charge in [-0.2, -0.15) is 10.1 Å². The number of rotatable bonds is 6. The number of carbonyl (C=O) groups is 3. The maximum absolute atomic E-state index is 14.9. The number of nitrogens with zero attached hydrogens (tertiary/aromatic N) is 2. The summed E-state index contributed by atoms with van der Waals surface area (Å²) < 4.78 is 5.51. The number of amides is 1. The van der Waals surface area contributed by atoms with Crippen molar-refractivity contribution in [2.45, 2.75) is 38.2 Å². The molecule has 39 heavy (non-hydrogen) atoms. The van der Waals surface area contributed by atoms with E-state index in [4.69, 9.17) is 9.84 Å². The average Bonchev–Trinajstić information content (AvgIpc) is 3.20. The number of aliphatic hydroxyl groups is 1. The number of hydrogen-bond donors (Lipinski definition) is 1. The summed E-state index contributed by atoms with van der Waals surface area (Å²) >= 11 is 0. The van der Waals surface area contributed by atoms with E-state index in [1.54, 1.807) is 26.0 Å². The van der Waals surface area contributed by atoms with Crippen LogP contribution in [0.2, 0.25) is 0 Å². The smallest absolute Gasteiger partial charge is 0.312 e. The molecule has 0 radical (unpaired) electrons. The second-order valence-corrected chi connectivity index (χ2v) is 10.4. The van der Waals surface area contributed by atoms with Crippen molar-refractivity contribution in [3.63, 3.8) is 0 Å². The molecule has 1 aliphatic carbocycles. The van der Waals surface area contributed by atoms with Gasteiger partial charge in [0.25, 0.3) is 5.91 Å². The molecule has 1 aliphatic heterocycles. The zero-order chi connectivity index (χ0) is 27.8. The number of para-hydroxylation sites is 1. The van der Waals surface area contributed by atoms with Crippen molar-refractivity contribution in [1.29, 1.82) is 0 Å². The predicted octanol–water partition coefficient (Wildman–Crippen LogP) is 4.72. The Bertz CT molecular complexity index is 1390. The van der Waals surface area contributed by atoms with Crippen molar-refractivity contribution in [3.8, 4) is 0 Å².